The lowest BCUT2D eigenvalue weighted by Crippen LogP contribution is -2.23. The largest absolute Gasteiger partial charge is 0.207 e. The van der Waals surface area contributed by atoms with E-state index in [1.807, 2.05) is 17.5 Å². The van der Waals surface area contributed by atoms with Crippen molar-refractivity contribution in [3.05, 3.63) is 58.0 Å². The lowest BCUT2D eigenvalue weighted by Gasteiger charge is -2.21. The van der Waals surface area contributed by atoms with Crippen LogP contribution in [0, 0.1) is 17.1 Å². The van der Waals surface area contributed by atoms with Crippen molar-refractivity contribution >= 4 is 11.3 Å². The molecule has 0 saturated heterocycles. The Labute approximate surface area is 104 Å². The summed E-state index contributed by atoms with van der Waals surface area (Å²) in [4.78, 5) is 1.09. The first-order valence-electron chi connectivity index (χ1n) is 5.34. The molecule has 0 radical (unpaired) electrons. The summed E-state index contributed by atoms with van der Waals surface area (Å²) in [5.74, 6) is -0.312. The average Bonchev–Trinajstić information content (AvgIpc) is 2.82. The van der Waals surface area contributed by atoms with Crippen LogP contribution in [0.3, 0.4) is 0 Å². The van der Waals surface area contributed by atoms with Crippen molar-refractivity contribution in [3.63, 3.8) is 0 Å². The normalized spacial score (nSPS) is 13.9. The summed E-state index contributed by atoms with van der Waals surface area (Å²) in [7, 11) is 0. The molecule has 0 N–H and O–H groups in total. The molecule has 0 spiro atoms. The van der Waals surface area contributed by atoms with Gasteiger partial charge in [0.05, 0.1) is 11.5 Å². The molecule has 0 bridgehead atoms. The first-order chi connectivity index (χ1) is 8.15. The van der Waals surface area contributed by atoms with Gasteiger partial charge in [-0.05, 0) is 24.4 Å². The zero-order valence-electron chi connectivity index (χ0n) is 9.48. The highest BCUT2D eigenvalue weighted by Crippen LogP contribution is 2.30. The predicted molar refractivity (Wildman–Crippen MR) is 67.4 cm³/mol. The monoisotopic (exact) mass is 245 g/mol. The maximum absolute atomic E-state index is 13.8. The van der Waals surface area contributed by atoms with E-state index in [1.54, 1.807) is 36.5 Å². The molecular weight excluding hydrogens is 233 g/mol. The molecule has 0 fully saturated rings. The number of nitrogens with zero attached hydrogens (tertiary/aromatic N) is 1. The van der Waals surface area contributed by atoms with Gasteiger partial charge in [0.25, 0.3) is 0 Å². The maximum Gasteiger partial charge on any atom is 0.128 e. The van der Waals surface area contributed by atoms with Gasteiger partial charge in [0.1, 0.15) is 5.82 Å². The van der Waals surface area contributed by atoms with Crippen LogP contribution in [-0.4, -0.2) is 0 Å². The maximum atomic E-state index is 13.8. The van der Waals surface area contributed by atoms with Crippen LogP contribution in [0.5, 0.6) is 0 Å². The Kier molecular flexibility index (Phi) is 3.26. The average molecular weight is 245 g/mol. The van der Waals surface area contributed by atoms with Gasteiger partial charge in [-0.15, -0.1) is 11.3 Å². The fourth-order valence-corrected chi connectivity index (χ4v) is 2.73. The Balaban J connectivity index is 2.39. The molecule has 3 heteroatoms. The van der Waals surface area contributed by atoms with E-state index in [9.17, 15) is 9.65 Å². The van der Waals surface area contributed by atoms with Crippen LogP contribution in [-0.2, 0) is 11.8 Å². The Morgan fingerprint density at radius 1 is 1.29 bits per heavy atom. The summed E-state index contributed by atoms with van der Waals surface area (Å²) in [5, 5.41) is 11.3. The van der Waals surface area contributed by atoms with Crippen LogP contribution in [0.4, 0.5) is 4.39 Å². The topological polar surface area (TPSA) is 23.8 Å². The van der Waals surface area contributed by atoms with Gasteiger partial charge >= 0.3 is 0 Å². The third-order valence-electron chi connectivity index (χ3n) is 2.82. The predicted octanol–water partition coefficient (Wildman–Crippen LogP) is 3.91. The lowest BCUT2D eigenvalue weighted by molar-refractivity contribution is 0.537. The summed E-state index contributed by atoms with van der Waals surface area (Å²) in [6.07, 6.45) is 0.544. The van der Waals surface area contributed by atoms with Crippen LogP contribution in [0.15, 0.2) is 41.8 Å². The van der Waals surface area contributed by atoms with Crippen LogP contribution >= 0.6 is 11.3 Å². The standard InChI is InChI=1S/C14H12FNS/c1-14(10-16,9-11-5-4-8-17-11)12-6-2-3-7-13(12)15/h2-8H,9H2,1H3. The molecule has 0 amide bonds. The summed E-state index contributed by atoms with van der Waals surface area (Å²) in [5.41, 5.74) is -0.341. The van der Waals surface area contributed by atoms with E-state index < -0.39 is 5.41 Å². The van der Waals surface area contributed by atoms with E-state index in [1.165, 1.54) is 6.07 Å². The number of thiophene rings is 1. The molecule has 2 rings (SSSR count). The molecule has 86 valence electrons. The Morgan fingerprint density at radius 3 is 2.65 bits per heavy atom. The second kappa shape index (κ2) is 4.68. The SMILES string of the molecule is CC(C#N)(Cc1cccs1)c1ccccc1F. The van der Waals surface area contributed by atoms with Crippen LogP contribution in [0.25, 0.3) is 0 Å². The highest BCUT2D eigenvalue weighted by Gasteiger charge is 2.29. The third-order valence-corrected chi connectivity index (χ3v) is 3.70. The van der Waals surface area contributed by atoms with Crippen LogP contribution < -0.4 is 0 Å². The second-order valence-electron chi connectivity index (χ2n) is 4.18. The van der Waals surface area contributed by atoms with Crippen molar-refractivity contribution in [1.29, 1.82) is 5.26 Å². The number of benzene rings is 1. The Hall–Kier alpha value is -1.66. The van der Waals surface area contributed by atoms with Gasteiger partial charge in [-0.25, -0.2) is 4.39 Å². The van der Waals surface area contributed by atoms with Crippen LogP contribution in [0.2, 0.25) is 0 Å². The second-order valence-corrected chi connectivity index (χ2v) is 5.21. The number of rotatable bonds is 3. The van der Waals surface area contributed by atoms with Crippen molar-refractivity contribution < 1.29 is 4.39 Å². The third kappa shape index (κ3) is 2.37. The summed E-state index contributed by atoms with van der Waals surface area (Å²) < 4.78 is 13.8. The van der Waals surface area contributed by atoms with E-state index in [2.05, 4.69) is 6.07 Å². The molecule has 0 aliphatic rings. The van der Waals surface area contributed by atoms with Gasteiger partial charge in [-0.2, -0.15) is 5.26 Å². The number of hydrogen-bond acceptors (Lipinski definition) is 2. The van der Waals surface area contributed by atoms with E-state index in [-0.39, 0.29) is 5.82 Å². The molecule has 0 aliphatic carbocycles. The van der Waals surface area contributed by atoms with E-state index in [4.69, 9.17) is 0 Å². The van der Waals surface area contributed by atoms with Gasteiger partial charge in [0.15, 0.2) is 0 Å². The molecule has 1 nitrogen and oxygen atoms in total. The van der Waals surface area contributed by atoms with Gasteiger partial charge < -0.3 is 0 Å². The van der Waals surface area contributed by atoms with Crippen molar-refractivity contribution in [3.8, 4) is 6.07 Å². The fraction of sp³-hybridized carbons (Fsp3) is 0.214. The van der Waals surface area contributed by atoms with Crippen molar-refractivity contribution in [2.45, 2.75) is 18.8 Å². The first-order valence-corrected chi connectivity index (χ1v) is 6.22. The Morgan fingerprint density at radius 2 is 2.06 bits per heavy atom. The minimum atomic E-state index is -0.809. The van der Waals surface area contributed by atoms with Crippen molar-refractivity contribution in [2.75, 3.05) is 0 Å². The van der Waals surface area contributed by atoms with E-state index in [0.29, 0.717) is 12.0 Å². The highest BCUT2D eigenvalue weighted by atomic mass is 32.1. The van der Waals surface area contributed by atoms with E-state index >= 15 is 0 Å². The van der Waals surface area contributed by atoms with Gasteiger partial charge in [0, 0.05) is 16.9 Å². The zero-order valence-corrected chi connectivity index (χ0v) is 10.3. The van der Waals surface area contributed by atoms with Crippen molar-refractivity contribution in [2.24, 2.45) is 0 Å². The molecule has 17 heavy (non-hydrogen) atoms. The van der Waals surface area contributed by atoms with Crippen molar-refractivity contribution in [1.82, 2.24) is 0 Å². The fourth-order valence-electron chi connectivity index (χ4n) is 1.87. The zero-order chi connectivity index (χ0) is 12.3. The summed E-state index contributed by atoms with van der Waals surface area (Å²) in [6.45, 7) is 1.78. The molecule has 0 saturated carbocycles. The number of halogens is 1. The molecule has 1 aromatic heterocycles. The van der Waals surface area contributed by atoms with Gasteiger partial charge in [-0.1, -0.05) is 24.3 Å². The quantitative estimate of drug-likeness (QED) is 0.804. The van der Waals surface area contributed by atoms with Crippen LogP contribution in [0.1, 0.15) is 17.4 Å². The molecule has 1 unspecified atom stereocenters. The smallest absolute Gasteiger partial charge is 0.128 e. The summed E-state index contributed by atoms with van der Waals surface area (Å²) >= 11 is 1.59. The first kappa shape index (κ1) is 11.8. The van der Waals surface area contributed by atoms with E-state index in [0.717, 1.165) is 4.88 Å². The lowest BCUT2D eigenvalue weighted by atomic mass is 9.80. The molecule has 1 heterocycles. The number of nitriles is 1. The summed E-state index contributed by atoms with van der Waals surface area (Å²) in [6, 6.07) is 12.7. The van der Waals surface area contributed by atoms with Gasteiger partial charge in [0.2, 0.25) is 0 Å². The number of hydrogen-bond donors (Lipinski definition) is 0. The molecule has 1 atom stereocenters. The minimum Gasteiger partial charge on any atom is -0.207 e. The molecular formula is C14H12FNS. The highest BCUT2D eigenvalue weighted by molar-refractivity contribution is 7.09. The minimum absolute atomic E-state index is 0.312. The Bertz CT molecular complexity index is 542. The molecule has 1 aromatic carbocycles. The molecule has 0 aliphatic heterocycles. The van der Waals surface area contributed by atoms with Gasteiger partial charge in [-0.3, -0.25) is 0 Å². The molecule has 2 aromatic rings.